The Balaban J connectivity index is 1.64. The molecule has 10 nitrogen and oxygen atoms in total. The second-order valence-electron chi connectivity index (χ2n) is 6.97. The molecule has 1 saturated heterocycles. The third kappa shape index (κ3) is 7.42. The number of esters is 1. The van der Waals surface area contributed by atoms with Gasteiger partial charge in [-0.15, -0.1) is 5.10 Å². The normalized spacial score (nSPS) is 15.4. The Kier molecular flexibility index (Phi) is 9.04. The number of methoxy groups -OCH3 is 2. The molecule has 0 atom stereocenters. The first-order valence-corrected chi connectivity index (χ1v) is 11.7. The predicted molar refractivity (Wildman–Crippen MR) is 137 cm³/mol. The fourth-order valence-corrected chi connectivity index (χ4v) is 4.03. The zero-order valence-corrected chi connectivity index (χ0v) is 21.4. The summed E-state index contributed by atoms with van der Waals surface area (Å²) in [6, 6.07) is 10.8. The molecule has 0 bridgehead atoms. The summed E-state index contributed by atoms with van der Waals surface area (Å²) in [5.41, 5.74) is 2.39. The molecule has 2 N–H and O–H groups in total. The molecule has 1 heterocycles. The number of anilines is 1. The third-order valence-corrected chi connectivity index (χ3v) is 5.88. The molecule has 0 radical (unpaired) electrons. The summed E-state index contributed by atoms with van der Waals surface area (Å²) in [5.74, 6) is -0.693. The molecule has 2 amide bonds. The van der Waals surface area contributed by atoms with Gasteiger partial charge in [0.1, 0.15) is 0 Å². The van der Waals surface area contributed by atoms with Crippen molar-refractivity contribution in [2.75, 3.05) is 26.1 Å². The van der Waals surface area contributed by atoms with Crippen LogP contribution in [0, 0.1) is 6.92 Å². The van der Waals surface area contributed by atoms with Gasteiger partial charge in [-0.25, -0.2) is 4.79 Å². The number of aryl methyl sites for hydroxylation is 1. The smallest absolute Gasteiger partial charge is 0.331 e. The van der Waals surface area contributed by atoms with E-state index in [1.165, 1.54) is 20.4 Å². The van der Waals surface area contributed by atoms with Gasteiger partial charge < -0.3 is 19.5 Å². The molecule has 0 saturated carbocycles. The molecule has 12 heteroatoms. The van der Waals surface area contributed by atoms with E-state index in [0.717, 1.165) is 23.4 Å². The van der Waals surface area contributed by atoms with Crippen LogP contribution in [0.5, 0.6) is 11.5 Å². The molecule has 1 aliphatic heterocycles. The first-order chi connectivity index (χ1) is 16.8. The Morgan fingerprint density at radius 1 is 1.20 bits per heavy atom. The van der Waals surface area contributed by atoms with Gasteiger partial charge in [-0.05, 0) is 64.4 Å². The summed E-state index contributed by atoms with van der Waals surface area (Å²) in [6.45, 7) is 1.74. The van der Waals surface area contributed by atoms with Crippen LogP contribution in [0.2, 0.25) is 0 Å². The van der Waals surface area contributed by atoms with E-state index in [4.69, 9.17) is 9.47 Å². The van der Waals surface area contributed by atoms with Crippen molar-refractivity contribution in [3.05, 3.63) is 63.0 Å². The number of nitrogens with one attached hydrogen (secondary N) is 2. The number of nitrogens with zero attached hydrogens (tertiary/aromatic N) is 2. The van der Waals surface area contributed by atoms with Crippen molar-refractivity contribution in [3.8, 4) is 11.5 Å². The SMILES string of the molecule is COC(=O)/C=C1/S/C(=N\N=Cc2cc(Br)c(OCC(=O)Nc3ccc(C)cc3)c(OC)c2)NC1=O. The molecule has 1 fully saturated rings. The first-order valence-electron chi connectivity index (χ1n) is 10.1. The number of halogens is 1. The number of amidine groups is 1. The maximum absolute atomic E-state index is 12.2. The predicted octanol–water partition coefficient (Wildman–Crippen LogP) is 3.39. The molecule has 0 aliphatic carbocycles. The van der Waals surface area contributed by atoms with Gasteiger partial charge in [-0.1, -0.05) is 17.7 Å². The summed E-state index contributed by atoms with van der Waals surface area (Å²) in [4.78, 5) is 35.6. The minimum atomic E-state index is -0.640. The fourth-order valence-electron chi connectivity index (χ4n) is 2.72. The van der Waals surface area contributed by atoms with E-state index in [0.29, 0.717) is 27.2 Å². The Hall–Kier alpha value is -3.64. The Bertz CT molecular complexity index is 1230. The Morgan fingerprint density at radius 3 is 2.63 bits per heavy atom. The van der Waals surface area contributed by atoms with Crippen LogP contribution < -0.4 is 20.1 Å². The zero-order valence-electron chi connectivity index (χ0n) is 19.0. The second-order valence-corrected chi connectivity index (χ2v) is 8.86. The van der Waals surface area contributed by atoms with Crippen LogP contribution in [-0.2, 0) is 19.1 Å². The lowest BCUT2D eigenvalue weighted by molar-refractivity contribution is -0.135. The summed E-state index contributed by atoms with van der Waals surface area (Å²) in [5, 5.41) is 13.4. The van der Waals surface area contributed by atoms with Gasteiger partial charge in [0, 0.05) is 11.8 Å². The molecule has 0 unspecified atom stereocenters. The number of benzene rings is 2. The lowest BCUT2D eigenvalue weighted by Gasteiger charge is -2.13. The van der Waals surface area contributed by atoms with Gasteiger partial charge >= 0.3 is 5.97 Å². The highest BCUT2D eigenvalue weighted by Crippen LogP contribution is 2.36. The van der Waals surface area contributed by atoms with Gasteiger partial charge in [0.15, 0.2) is 23.3 Å². The molecule has 2 aromatic carbocycles. The average Bonchev–Trinajstić information content (AvgIpc) is 3.18. The number of amides is 2. The van der Waals surface area contributed by atoms with Crippen LogP contribution in [0.25, 0.3) is 0 Å². The molecule has 0 aromatic heterocycles. The van der Waals surface area contributed by atoms with Crippen molar-refractivity contribution < 1.29 is 28.6 Å². The van der Waals surface area contributed by atoms with Gasteiger partial charge in [0.05, 0.1) is 29.8 Å². The van der Waals surface area contributed by atoms with Gasteiger partial charge in [-0.3, -0.25) is 14.9 Å². The first kappa shape index (κ1) is 26.0. The topological polar surface area (TPSA) is 128 Å². The highest BCUT2D eigenvalue weighted by Gasteiger charge is 2.25. The van der Waals surface area contributed by atoms with E-state index in [-0.39, 0.29) is 22.6 Å². The quantitative estimate of drug-likeness (QED) is 0.219. The number of carbonyl (C=O) groups is 3. The van der Waals surface area contributed by atoms with Crippen molar-refractivity contribution in [3.63, 3.8) is 0 Å². The van der Waals surface area contributed by atoms with Crippen LogP contribution in [0.3, 0.4) is 0 Å². The lowest BCUT2D eigenvalue weighted by atomic mass is 10.2. The third-order valence-electron chi connectivity index (χ3n) is 4.39. The maximum atomic E-state index is 12.2. The molecule has 1 aliphatic rings. The van der Waals surface area contributed by atoms with Crippen LogP contribution in [-0.4, -0.2) is 50.0 Å². The lowest BCUT2D eigenvalue weighted by Crippen LogP contribution is -2.20. The Labute approximate surface area is 213 Å². The summed E-state index contributed by atoms with van der Waals surface area (Å²) >= 11 is 4.39. The van der Waals surface area contributed by atoms with E-state index in [1.807, 2.05) is 31.2 Å². The second kappa shape index (κ2) is 12.2. The zero-order chi connectivity index (χ0) is 25.4. The van der Waals surface area contributed by atoms with Gasteiger partial charge in [0.2, 0.25) is 0 Å². The molecular weight excluding hydrogens is 540 g/mol. The van der Waals surface area contributed by atoms with Crippen molar-refractivity contribution in [1.29, 1.82) is 0 Å². The highest BCUT2D eigenvalue weighted by molar-refractivity contribution is 9.10. The van der Waals surface area contributed by atoms with E-state index < -0.39 is 11.9 Å². The van der Waals surface area contributed by atoms with Crippen LogP contribution in [0.15, 0.2) is 62.1 Å². The summed E-state index contributed by atoms with van der Waals surface area (Å²) in [6.07, 6.45) is 2.52. The van der Waals surface area contributed by atoms with E-state index >= 15 is 0 Å². The monoisotopic (exact) mass is 560 g/mol. The Morgan fingerprint density at radius 2 is 1.94 bits per heavy atom. The number of hydrogen-bond acceptors (Lipinski definition) is 9. The maximum Gasteiger partial charge on any atom is 0.331 e. The number of rotatable bonds is 8. The van der Waals surface area contributed by atoms with Crippen molar-refractivity contribution in [1.82, 2.24) is 5.32 Å². The summed E-state index contributed by atoms with van der Waals surface area (Å²) < 4.78 is 16.1. The number of hydrogen-bond donors (Lipinski definition) is 2. The van der Waals surface area contributed by atoms with E-state index in [2.05, 4.69) is 41.5 Å². The minimum absolute atomic E-state index is 0.156. The minimum Gasteiger partial charge on any atom is -0.493 e. The number of ether oxygens (including phenoxy) is 3. The summed E-state index contributed by atoms with van der Waals surface area (Å²) in [7, 11) is 2.70. The average molecular weight is 561 g/mol. The molecular formula is C23H21BrN4O6S. The van der Waals surface area contributed by atoms with Crippen molar-refractivity contribution in [2.45, 2.75) is 6.92 Å². The highest BCUT2D eigenvalue weighted by atomic mass is 79.9. The molecule has 35 heavy (non-hydrogen) atoms. The van der Waals surface area contributed by atoms with Gasteiger partial charge in [0.25, 0.3) is 11.8 Å². The molecule has 3 rings (SSSR count). The van der Waals surface area contributed by atoms with Crippen molar-refractivity contribution in [2.24, 2.45) is 10.2 Å². The fraction of sp³-hybridized carbons (Fsp3) is 0.174. The van der Waals surface area contributed by atoms with Crippen LogP contribution in [0.1, 0.15) is 11.1 Å². The number of carbonyl (C=O) groups excluding carboxylic acids is 3. The molecule has 2 aromatic rings. The molecule has 182 valence electrons. The standard InChI is InChI=1S/C23H21BrN4O6S/c1-13-4-6-15(7-5-13)26-19(29)12-34-21-16(24)8-14(9-17(21)32-2)11-25-28-23-27-22(31)18(35-23)10-20(30)33-3/h4-11H,12H2,1-3H3,(H,26,29)(H,27,28,31)/b18-10+,25-11?. The van der Waals surface area contributed by atoms with Gasteiger partial charge in [-0.2, -0.15) is 5.10 Å². The van der Waals surface area contributed by atoms with Crippen LogP contribution >= 0.6 is 27.7 Å². The molecule has 0 spiro atoms. The van der Waals surface area contributed by atoms with Crippen molar-refractivity contribution >= 4 is 62.5 Å². The van der Waals surface area contributed by atoms with E-state index in [1.54, 1.807) is 12.1 Å². The van der Waals surface area contributed by atoms with Crippen LogP contribution in [0.4, 0.5) is 5.69 Å². The van der Waals surface area contributed by atoms with E-state index in [9.17, 15) is 14.4 Å². The largest absolute Gasteiger partial charge is 0.493 e. The number of thioether (sulfide) groups is 1.